The summed E-state index contributed by atoms with van der Waals surface area (Å²) in [4.78, 5) is 26.4. The van der Waals surface area contributed by atoms with Crippen LogP contribution in [0, 0.1) is 5.92 Å². The number of likely N-dealkylation sites (N-methyl/N-ethyl adjacent to an activating group) is 1. The molecule has 1 aliphatic rings. The van der Waals surface area contributed by atoms with Gasteiger partial charge >= 0.3 is 0 Å². The Kier molecular flexibility index (Phi) is 7.06. The maximum Gasteiger partial charge on any atom is 0.251 e. The fraction of sp³-hybridized carbons (Fsp3) is 0.556. The molecule has 25 heavy (non-hydrogen) atoms. The first-order valence-electron chi connectivity index (χ1n) is 8.44. The van der Waals surface area contributed by atoms with Crippen molar-refractivity contribution in [3.8, 4) is 11.5 Å². The Morgan fingerprint density at radius 3 is 2.64 bits per heavy atom. The molecule has 1 fully saturated rings. The lowest BCUT2D eigenvalue weighted by atomic mass is 10.1. The summed E-state index contributed by atoms with van der Waals surface area (Å²) in [6.07, 6.45) is 0.974. The van der Waals surface area contributed by atoms with E-state index in [2.05, 4.69) is 5.32 Å². The average molecular weight is 350 g/mol. The highest BCUT2D eigenvalue weighted by Crippen LogP contribution is 2.27. The van der Waals surface area contributed by atoms with E-state index in [4.69, 9.17) is 14.2 Å². The van der Waals surface area contributed by atoms with Gasteiger partial charge in [-0.1, -0.05) is 0 Å². The standard InChI is InChI=1S/C18H26N2O5/c1-4-20(11-13-7-8-25-12-13)17(21)10-19-18(22)14-5-6-15(23-2)16(9-14)24-3/h5-6,9,13H,4,7-8,10-12H2,1-3H3,(H,19,22)/t13-/m0/s1. The van der Waals surface area contributed by atoms with Gasteiger partial charge in [0.15, 0.2) is 11.5 Å². The molecular formula is C18H26N2O5. The number of nitrogens with one attached hydrogen (secondary N) is 1. The zero-order valence-corrected chi connectivity index (χ0v) is 15.0. The third kappa shape index (κ3) is 5.09. The normalized spacial score (nSPS) is 16.4. The molecule has 0 radical (unpaired) electrons. The van der Waals surface area contributed by atoms with Crippen molar-refractivity contribution in [1.29, 1.82) is 0 Å². The van der Waals surface area contributed by atoms with E-state index in [1.807, 2.05) is 6.92 Å². The van der Waals surface area contributed by atoms with Gasteiger partial charge in [0.2, 0.25) is 5.91 Å². The zero-order chi connectivity index (χ0) is 18.2. The van der Waals surface area contributed by atoms with Crippen molar-refractivity contribution >= 4 is 11.8 Å². The third-order valence-electron chi connectivity index (χ3n) is 4.28. The molecule has 0 bridgehead atoms. The van der Waals surface area contributed by atoms with Crippen LogP contribution in [0.1, 0.15) is 23.7 Å². The van der Waals surface area contributed by atoms with Gasteiger partial charge in [-0.05, 0) is 31.5 Å². The summed E-state index contributed by atoms with van der Waals surface area (Å²) >= 11 is 0. The van der Waals surface area contributed by atoms with Gasteiger partial charge in [-0.3, -0.25) is 9.59 Å². The van der Waals surface area contributed by atoms with Gasteiger partial charge < -0.3 is 24.4 Å². The number of benzene rings is 1. The van der Waals surface area contributed by atoms with E-state index in [1.165, 1.54) is 14.2 Å². The molecule has 2 amide bonds. The summed E-state index contributed by atoms with van der Waals surface area (Å²) in [6, 6.07) is 4.88. The van der Waals surface area contributed by atoms with Crippen LogP contribution in [0.2, 0.25) is 0 Å². The summed E-state index contributed by atoms with van der Waals surface area (Å²) in [6.45, 7) is 4.63. The van der Waals surface area contributed by atoms with Gasteiger partial charge in [-0.15, -0.1) is 0 Å². The van der Waals surface area contributed by atoms with Crippen LogP contribution in [0.3, 0.4) is 0 Å². The second kappa shape index (κ2) is 9.27. The van der Waals surface area contributed by atoms with Crippen molar-refractivity contribution in [2.75, 3.05) is 47.1 Å². The number of ether oxygens (including phenoxy) is 3. The van der Waals surface area contributed by atoms with E-state index in [0.717, 1.165) is 13.0 Å². The number of carbonyl (C=O) groups is 2. The minimum atomic E-state index is -0.324. The Morgan fingerprint density at radius 1 is 1.28 bits per heavy atom. The molecule has 0 saturated carbocycles. The SMILES string of the molecule is CCN(C[C@@H]1CCOC1)C(=O)CNC(=O)c1ccc(OC)c(OC)c1. The van der Waals surface area contributed by atoms with Crippen molar-refractivity contribution in [2.45, 2.75) is 13.3 Å². The fourth-order valence-corrected chi connectivity index (χ4v) is 2.79. The second-order valence-corrected chi connectivity index (χ2v) is 5.91. The minimum absolute atomic E-state index is 0.0331. The van der Waals surface area contributed by atoms with Crippen molar-refractivity contribution in [3.63, 3.8) is 0 Å². The van der Waals surface area contributed by atoms with Gasteiger partial charge in [0.25, 0.3) is 5.91 Å². The van der Waals surface area contributed by atoms with Gasteiger partial charge in [-0.25, -0.2) is 0 Å². The van der Waals surface area contributed by atoms with Gasteiger partial charge in [0.1, 0.15) is 0 Å². The van der Waals surface area contributed by atoms with Crippen molar-refractivity contribution in [1.82, 2.24) is 10.2 Å². The Hall–Kier alpha value is -2.28. The average Bonchev–Trinajstić information content (AvgIpc) is 3.16. The van der Waals surface area contributed by atoms with Crippen LogP contribution in [0.4, 0.5) is 0 Å². The summed E-state index contributed by atoms with van der Waals surface area (Å²) in [5, 5.41) is 2.67. The van der Waals surface area contributed by atoms with E-state index >= 15 is 0 Å². The third-order valence-corrected chi connectivity index (χ3v) is 4.28. The number of methoxy groups -OCH3 is 2. The first kappa shape index (κ1) is 19.1. The molecule has 0 unspecified atom stereocenters. The molecule has 7 nitrogen and oxygen atoms in total. The highest BCUT2D eigenvalue weighted by molar-refractivity contribution is 5.97. The molecule has 1 saturated heterocycles. The topological polar surface area (TPSA) is 77.1 Å². The minimum Gasteiger partial charge on any atom is -0.493 e. The van der Waals surface area contributed by atoms with Crippen LogP contribution in [0.5, 0.6) is 11.5 Å². The van der Waals surface area contributed by atoms with E-state index < -0.39 is 0 Å². The molecule has 0 aliphatic carbocycles. The number of rotatable bonds is 8. The van der Waals surface area contributed by atoms with Crippen LogP contribution in [0.15, 0.2) is 18.2 Å². The molecular weight excluding hydrogens is 324 g/mol. The van der Waals surface area contributed by atoms with E-state index in [-0.39, 0.29) is 18.4 Å². The quantitative estimate of drug-likeness (QED) is 0.765. The lowest BCUT2D eigenvalue weighted by molar-refractivity contribution is -0.130. The number of amides is 2. The molecule has 1 heterocycles. The van der Waals surface area contributed by atoms with Crippen molar-refractivity contribution < 1.29 is 23.8 Å². The molecule has 1 aromatic rings. The molecule has 1 atom stereocenters. The molecule has 0 spiro atoms. The molecule has 0 aromatic heterocycles. The largest absolute Gasteiger partial charge is 0.493 e. The summed E-state index contributed by atoms with van der Waals surface area (Å²) in [5.41, 5.74) is 0.415. The van der Waals surface area contributed by atoms with Crippen molar-refractivity contribution in [2.24, 2.45) is 5.92 Å². The summed E-state index contributed by atoms with van der Waals surface area (Å²) < 4.78 is 15.7. The van der Waals surface area contributed by atoms with Crippen LogP contribution in [-0.4, -0.2) is 63.8 Å². The van der Waals surface area contributed by atoms with Gasteiger partial charge in [-0.2, -0.15) is 0 Å². The highest BCUT2D eigenvalue weighted by atomic mass is 16.5. The van der Waals surface area contributed by atoms with Crippen molar-refractivity contribution in [3.05, 3.63) is 23.8 Å². The number of hydrogen-bond acceptors (Lipinski definition) is 5. The number of nitrogens with zero attached hydrogens (tertiary/aromatic N) is 1. The van der Waals surface area contributed by atoms with Gasteiger partial charge in [0, 0.05) is 31.2 Å². The summed E-state index contributed by atoms with van der Waals surface area (Å²) in [5.74, 6) is 0.979. The molecule has 1 aromatic carbocycles. The highest BCUT2D eigenvalue weighted by Gasteiger charge is 2.22. The second-order valence-electron chi connectivity index (χ2n) is 5.91. The first-order chi connectivity index (χ1) is 12.1. The maximum absolute atomic E-state index is 12.3. The molecule has 1 aliphatic heterocycles. The fourth-order valence-electron chi connectivity index (χ4n) is 2.79. The van der Waals surface area contributed by atoms with E-state index in [9.17, 15) is 9.59 Å². The van der Waals surface area contributed by atoms with Crippen LogP contribution in [0.25, 0.3) is 0 Å². The molecule has 138 valence electrons. The monoisotopic (exact) mass is 350 g/mol. The smallest absolute Gasteiger partial charge is 0.251 e. The Morgan fingerprint density at radius 2 is 2.04 bits per heavy atom. The number of hydrogen-bond donors (Lipinski definition) is 1. The Bertz CT molecular complexity index is 599. The predicted molar refractivity (Wildman–Crippen MR) is 93.1 cm³/mol. The van der Waals surface area contributed by atoms with E-state index in [1.54, 1.807) is 23.1 Å². The van der Waals surface area contributed by atoms with Crippen LogP contribution in [-0.2, 0) is 9.53 Å². The summed E-state index contributed by atoms with van der Waals surface area (Å²) in [7, 11) is 3.04. The van der Waals surface area contributed by atoms with Crippen LogP contribution < -0.4 is 14.8 Å². The van der Waals surface area contributed by atoms with Gasteiger partial charge in [0.05, 0.1) is 27.4 Å². The molecule has 2 rings (SSSR count). The maximum atomic E-state index is 12.3. The Labute approximate surface area is 148 Å². The predicted octanol–water partition coefficient (Wildman–Crippen LogP) is 1.32. The molecule has 7 heteroatoms. The first-order valence-corrected chi connectivity index (χ1v) is 8.44. The Balaban J connectivity index is 1.90. The lowest BCUT2D eigenvalue weighted by Crippen LogP contribution is -2.42. The zero-order valence-electron chi connectivity index (χ0n) is 15.0. The molecule has 1 N–H and O–H groups in total. The van der Waals surface area contributed by atoms with Crippen LogP contribution >= 0.6 is 0 Å². The van der Waals surface area contributed by atoms with E-state index in [0.29, 0.717) is 42.7 Å². The number of carbonyl (C=O) groups excluding carboxylic acids is 2. The lowest BCUT2D eigenvalue weighted by Gasteiger charge is -2.24.